The van der Waals surface area contributed by atoms with Crippen LogP contribution in [0, 0.1) is 10.1 Å². The number of fused-ring (bicyclic) bond motifs is 1. The first kappa shape index (κ1) is 26.8. The molecule has 9 nitrogen and oxygen atoms in total. The zero-order valence-electron chi connectivity index (χ0n) is 21.7. The molecule has 3 aromatic rings. The molecular formula is C27H30F3N5O4. The molecule has 1 saturated heterocycles. The molecule has 2 aromatic carbocycles. The highest BCUT2D eigenvalue weighted by Crippen LogP contribution is 2.34. The maximum Gasteiger partial charge on any atom is 0.416 e. The van der Waals surface area contributed by atoms with Crippen LogP contribution in [-0.2, 0) is 19.3 Å². The molecule has 0 N–H and O–H groups in total. The summed E-state index contributed by atoms with van der Waals surface area (Å²) in [6.07, 6.45) is -1.29. The van der Waals surface area contributed by atoms with Crippen LogP contribution in [0.3, 0.4) is 0 Å². The van der Waals surface area contributed by atoms with E-state index in [9.17, 15) is 23.3 Å². The van der Waals surface area contributed by atoms with Crippen molar-refractivity contribution < 1.29 is 27.6 Å². The summed E-state index contributed by atoms with van der Waals surface area (Å²) in [4.78, 5) is 18.5. The highest BCUT2D eigenvalue weighted by Gasteiger charge is 2.41. The molecule has 0 spiro atoms. The Morgan fingerprint density at radius 1 is 1.18 bits per heavy atom. The van der Waals surface area contributed by atoms with Gasteiger partial charge < -0.3 is 24.5 Å². The van der Waals surface area contributed by atoms with Crippen LogP contribution < -0.4 is 14.4 Å². The Labute approximate surface area is 223 Å². The van der Waals surface area contributed by atoms with E-state index in [0.29, 0.717) is 17.9 Å². The zero-order chi connectivity index (χ0) is 27.8. The minimum absolute atomic E-state index is 0.202. The molecule has 0 saturated carbocycles. The van der Waals surface area contributed by atoms with Crippen LogP contribution >= 0.6 is 0 Å². The van der Waals surface area contributed by atoms with Crippen molar-refractivity contribution >= 4 is 11.5 Å². The fraction of sp³-hybridized carbons (Fsp3) is 0.444. The molecule has 1 atom stereocenters. The maximum atomic E-state index is 13.4. The molecule has 0 amide bonds. The average molecular weight is 546 g/mol. The van der Waals surface area contributed by atoms with Gasteiger partial charge in [-0.15, -0.1) is 0 Å². The average Bonchev–Trinajstić information content (AvgIpc) is 3.43. The highest BCUT2D eigenvalue weighted by atomic mass is 19.4. The Kier molecular flexibility index (Phi) is 7.15. The second kappa shape index (κ2) is 10.4. The zero-order valence-corrected chi connectivity index (χ0v) is 21.7. The molecule has 3 heterocycles. The number of nitrogens with zero attached hydrogens (tertiary/aromatic N) is 5. The molecule has 208 valence electrons. The monoisotopic (exact) mass is 545 g/mol. The Morgan fingerprint density at radius 3 is 2.51 bits per heavy atom. The van der Waals surface area contributed by atoms with Crippen LogP contribution in [0.4, 0.5) is 24.7 Å². The third-order valence-electron chi connectivity index (χ3n) is 7.33. The predicted molar refractivity (Wildman–Crippen MR) is 138 cm³/mol. The summed E-state index contributed by atoms with van der Waals surface area (Å²) < 4.78 is 53.5. The molecule has 0 bridgehead atoms. The molecule has 2 aliphatic heterocycles. The van der Waals surface area contributed by atoms with Gasteiger partial charge in [0.05, 0.1) is 12.1 Å². The van der Waals surface area contributed by atoms with Gasteiger partial charge in [0, 0.05) is 36.3 Å². The minimum Gasteiger partial charge on any atom is -0.489 e. The first-order valence-electron chi connectivity index (χ1n) is 12.7. The standard InChI is InChI=1S/C27H30F3N5O4/c1-26(17-34-16-24(35(36)37)31-25(34)39-26)18-38-22-9-7-21(8-10-22)33-13-11-20(12-14-33)32(2)15-19-5-3-4-6-23(19)27(28,29)30/h3-10,16,20H,11-15,17-18H2,1-2H3. The van der Waals surface area contributed by atoms with E-state index in [-0.39, 0.29) is 31.0 Å². The molecular weight excluding hydrogens is 515 g/mol. The van der Waals surface area contributed by atoms with Gasteiger partial charge >= 0.3 is 18.0 Å². The lowest BCUT2D eigenvalue weighted by Crippen LogP contribution is -2.43. The lowest BCUT2D eigenvalue weighted by molar-refractivity contribution is -0.389. The molecule has 1 unspecified atom stereocenters. The van der Waals surface area contributed by atoms with Gasteiger partial charge in [-0.05, 0) is 67.6 Å². The lowest BCUT2D eigenvalue weighted by Gasteiger charge is -2.38. The van der Waals surface area contributed by atoms with Crippen LogP contribution in [0.25, 0.3) is 0 Å². The van der Waals surface area contributed by atoms with Gasteiger partial charge in [0.1, 0.15) is 18.6 Å². The summed E-state index contributed by atoms with van der Waals surface area (Å²) in [5, 5.41) is 10.9. The summed E-state index contributed by atoms with van der Waals surface area (Å²) in [6.45, 7) is 4.38. The quantitative estimate of drug-likeness (QED) is 0.286. The Morgan fingerprint density at radius 2 is 1.87 bits per heavy atom. The Hall–Kier alpha value is -3.80. The predicted octanol–water partition coefficient (Wildman–Crippen LogP) is 5.14. The number of halogens is 3. The van der Waals surface area contributed by atoms with E-state index in [1.54, 1.807) is 16.7 Å². The molecule has 5 rings (SSSR count). The molecule has 0 radical (unpaired) electrons. The van der Waals surface area contributed by atoms with Gasteiger partial charge in [-0.25, -0.2) is 0 Å². The van der Waals surface area contributed by atoms with Gasteiger partial charge in [-0.3, -0.25) is 9.47 Å². The molecule has 1 fully saturated rings. The number of ether oxygens (including phenoxy) is 2. The van der Waals surface area contributed by atoms with E-state index in [2.05, 4.69) is 9.88 Å². The number of hydrogen-bond donors (Lipinski definition) is 0. The summed E-state index contributed by atoms with van der Waals surface area (Å²) in [6, 6.07) is 14.0. The topological polar surface area (TPSA) is 85.9 Å². The van der Waals surface area contributed by atoms with Crippen molar-refractivity contribution in [3.63, 3.8) is 0 Å². The number of benzene rings is 2. The van der Waals surface area contributed by atoms with E-state index in [1.807, 2.05) is 43.1 Å². The summed E-state index contributed by atoms with van der Waals surface area (Å²) in [5.41, 5.74) is 0.0974. The van der Waals surface area contributed by atoms with Crippen LogP contribution in [0.1, 0.15) is 30.9 Å². The molecule has 12 heteroatoms. The van der Waals surface area contributed by atoms with E-state index < -0.39 is 22.3 Å². The second-order valence-corrected chi connectivity index (χ2v) is 10.4. The number of rotatable bonds is 8. The minimum atomic E-state index is -4.36. The fourth-order valence-electron chi connectivity index (χ4n) is 5.24. The SMILES string of the molecule is CN(Cc1ccccc1C(F)(F)F)C1CCN(c2ccc(OCC3(C)Cn4cc([N+](=O)[O-])nc4O3)cc2)CC1. The summed E-state index contributed by atoms with van der Waals surface area (Å²) in [7, 11) is 1.89. The van der Waals surface area contributed by atoms with Gasteiger partial charge in [0.25, 0.3) is 0 Å². The van der Waals surface area contributed by atoms with Gasteiger partial charge in [-0.2, -0.15) is 13.2 Å². The van der Waals surface area contributed by atoms with Crippen molar-refractivity contribution in [3.05, 3.63) is 76.0 Å². The third-order valence-corrected chi connectivity index (χ3v) is 7.33. The third kappa shape index (κ3) is 5.95. The largest absolute Gasteiger partial charge is 0.489 e. The van der Waals surface area contributed by atoms with E-state index in [0.717, 1.165) is 37.7 Å². The Bertz CT molecular complexity index is 1300. The van der Waals surface area contributed by atoms with E-state index >= 15 is 0 Å². The van der Waals surface area contributed by atoms with Crippen LogP contribution in [0.5, 0.6) is 11.8 Å². The number of hydrogen-bond acceptors (Lipinski definition) is 7. The summed E-state index contributed by atoms with van der Waals surface area (Å²) >= 11 is 0. The normalized spacial score (nSPS) is 19.7. The van der Waals surface area contributed by atoms with Gasteiger partial charge in [0.15, 0.2) is 5.60 Å². The number of aromatic nitrogens is 2. The number of piperidine rings is 1. The van der Waals surface area contributed by atoms with Crippen molar-refractivity contribution in [1.29, 1.82) is 0 Å². The van der Waals surface area contributed by atoms with Crippen LogP contribution in [0.2, 0.25) is 0 Å². The van der Waals surface area contributed by atoms with E-state index in [1.165, 1.54) is 12.3 Å². The molecule has 0 aliphatic carbocycles. The van der Waals surface area contributed by atoms with Crippen molar-refractivity contribution in [2.24, 2.45) is 0 Å². The Balaban J connectivity index is 1.11. The van der Waals surface area contributed by atoms with Crippen molar-refractivity contribution in [2.45, 2.75) is 50.7 Å². The second-order valence-electron chi connectivity index (χ2n) is 10.4. The number of imidazole rings is 1. The first-order chi connectivity index (χ1) is 18.5. The molecule has 2 aliphatic rings. The van der Waals surface area contributed by atoms with Crippen molar-refractivity contribution in [1.82, 2.24) is 14.5 Å². The molecule has 39 heavy (non-hydrogen) atoms. The van der Waals surface area contributed by atoms with Crippen molar-refractivity contribution in [3.8, 4) is 11.8 Å². The maximum absolute atomic E-state index is 13.4. The van der Waals surface area contributed by atoms with Gasteiger partial charge in [-0.1, -0.05) is 18.2 Å². The lowest BCUT2D eigenvalue weighted by atomic mass is 10.0. The van der Waals surface area contributed by atoms with E-state index in [4.69, 9.17) is 9.47 Å². The number of alkyl halides is 3. The number of anilines is 1. The molecule has 1 aromatic heterocycles. The fourth-order valence-corrected chi connectivity index (χ4v) is 5.24. The van der Waals surface area contributed by atoms with Crippen LogP contribution in [0.15, 0.2) is 54.7 Å². The van der Waals surface area contributed by atoms with Crippen molar-refractivity contribution in [2.75, 3.05) is 31.6 Å². The summed E-state index contributed by atoms with van der Waals surface area (Å²) in [5.74, 6) is 0.433. The first-order valence-corrected chi connectivity index (χ1v) is 12.7. The smallest absolute Gasteiger partial charge is 0.416 e. The highest BCUT2D eigenvalue weighted by molar-refractivity contribution is 5.49. The van der Waals surface area contributed by atoms with Gasteiger partial charge in [0.2, 0.25) is 0 Å². The van der Waals surface area contributed by atoms with Crippen LogP contribution in [-0.4, -0.2) is 57.8 Å². The number of nitro groups is 1.